The Hall–Kier alpha value is -1.69. The van der Waals surface area contributed by atoms with Gasteiger partial charge in [0, 0.05) is 22.0 Å². The highest BCUT2D eigenvalue weighted by Crippen LogP contribution is 2.16. The Morgan fingerprint density at radius 1 is 1.26 bits per heavy atom. The van der Waals surface area contributed by atoms with Crippen LogP contribution in [0.15, 0.2) is 28.7 Å². The van der Waals surface area contributed by atoms with Crippen molar-refractivity contribution in [3.05, 3.63) is 34.3 Å². The first-order valence-electron chi connectivity index (χ1n) is 7.35. The molecule has 1 rings (SSSR count). The van der Waals surface area contributed by atoms with Crippen LogP contribution in [0.2, 0.25) is 0 Å². The average Bonchev–Trinajstić information content (AvgIpc) is 2.42. The number of hydrogen-bond donors (Lipinski definition) is 1. The van der Waals surface area contributed by atoms with Crippen molar-refractivity contribution in [2.24, 2.45) is 5.92 Å². The fourth-order valence-electron chi connectivity index (χ4n) is 1.87. The van der Waals surface area contributed by atoms with Crippen LogP contribution < -0.4 is 5.32 Å². The highest BCUT2D eigenvalue weighted by molar-refractivity contribution is 9.10. The molecule has 0 aliphatic heterocycles. The number of Topliss-reactive ketones (excluding diaryl/α,β-unsaturated/α-hetero) is 1. The van der Waals surface area contributed by atoms with Crippen molar-refractivity contribution in [2.75, 3.05) is 6.61 Å². The Balaban J connectivity index is 2.48. The van der Waals surface area contributed by atoms with Crippen molar-refractivity contribution < 1.29 is 19.1 Å². The number of rotatable bonds is 6. The Morgan fingerprint density at radius 3 is 2.48 bits per heavy atom. The number of hydrogen-bond acceptors (Lipinski definition) is 4. The molecule has 1 amide bonds. The van der Waals surface area contributed by atoms with E-state index in [-0.39, 0.29) is 30.3 Å². The van der Waals surface area contributed by atoms with Crippen molar-refractivity contribution in [3.8, 4) is 0 Å². The van der Waals surface area contributed by atoms with E-state index in [1.54, 1.807) is 25.1 Å². The Morgan fingerprint density at radius 2 is 1.91 bits per heavy atom. The third kappa shape index (κ3) is 7.41. The van der Waals surface area contributed by atoms with E-state index >= 15 is 0 Å². The van der Waals surface area contributed by atoms with Crippen LogP contribution >= 0.6 is 15.9 Å². The van der Waals surface area contributed by atoms with E-state index in [2.05, 4.69) is 21.2 Å². The minimum absolute atomic E-state index is 0.0379. The minimum Gasteiger partial charge on any atom is -0.455 e. The molecule has 0 saturated heterocycles. The number of ether oxygens (including phenoxy) is 1. The van der Waals surface area contributed by atoms with E-state index in [1.165, 1.54) is 0 Å². The lowest BCUT2D eigenvalue weighted by atomic mass is 10.00. The van der Waals surface area contributed by atoms with Crippen molar-refractivity contribution in [1.29, 1.82) is 0 Å². The molecular formula is C17H22BrNO4. The van der Waals surface area contributed by atoms with Gasteiger partial charge in [0.1, 0.15) is 0 Å². The molecular weight excluding hydrogens is 362 g/mol. The maximum Gasteiger partial charge on any atom is 0.309 e. The number of carbonyl (C=O) groups excluding carboxylic acids is 3. The van der Waals surface area contributed by atoms with Gasteiger partial charge in [-0.1, -0.05) is 35.0 Å². The van der Waals surface area contributed by atoms with Gasteiger partial charge in [0.25, 0.3) is 5.91 Å². The molecule has 1 aromatic carbocycles. The molecule has 0 aromatic heterocycles. The lowest BCUT2D eigenvalue weighted by Crippen LogP contribution is -2.43. The van der Waals surface area contributed by atoms with E-state index in [9.17, 15) is 14.4 Å². The predicted octanol–water partition coefficient (Wildman–Crippen LogP) is 3.12. The average molecular weight is 384 g/mol. The van der Waals surface area contributed by atoms with Gasteiger partial charge in [-0.05, 0) is 32.9 Å². The van der Waals surface area contributed by atoms with E-state index in [4.69, 9.17) is 4.74 Å². The lowest BCUT2D eigenvalue weighted by molar-refractivity contribution is -0.152. The number of halogens is 1. The molecule has 1 aromatic rings. The van der Waals surface area contributed by atoms with Crippen LogP contribution in [0.1, 0.15) is 44.5 Å². The Kier molecular flexibility index (Phi) is 6.94. The zero-order chi connectivity index (χ0) is 17.6. The van der Waals surface area contributed by atoms with Gasteiger partial charge in [0.2, 0.25) is 0 Å². The summed E-state index contributed by atoms with van der Waals surface area (Å²) in [5.74, 6) is -1.67. The van der Waals surface area contributed by atoms with E-state index < -0.39 is 11.9 Å². The summed E-state index contributed by atoms with van der Waals surface area (Å²) in [7, 11) is 0. The topological polar surface area (TPSA) is 72.5 Å². The Labute approximate surface area is 144 Å². The highest BCUT2D eigenvalue weighted by atomic mass is 79.9. The van der Waals surface area contributed by atoms with Gasteiger partial charge in [-0.15, -0.1) is 0 Å². The summed E-state index contributed by atoms with van der Waals surface area (Å²) in [5.41, 5.74) is 0.149. The Bertz CT molecular complexity index is 593. The quantitative estimate of drug-likeness (QED) is 0.604. The monoisotopic (exact) mass is 383 g/mol. The molecule has 0 spiro atoms. The second-order valence-corrected chi connectivity index (χ2v) is 7.36. The molecule has 0 saturated carbocycles. The molecule has 5 nitrogen and oxygen atoms in total. The van der Waals surface area contributed by atoms with Gasteiger partial charge in [-0.25, -0.2) is 0 Å². The maximum absolute atomic E-state index is 12.1. The number of nitrogens with one attached hydrogen (secondary N) is 1. The molecule has 6 heteroatoms. The highest BCUT2D eigenvalue weighted by Gasteiger charge is 2.21. The smallest absolute Gasteiger partial charge is 0.309 e. The van der Waals surface area contributed by atoms with Crippen molar-refractivity contribution in [3.63, 3.8) is 0 Å². The van der Waals surface area contributed by atoms with Gasteiger partial charge in [-0.2, -0.15) is 0 Å². The summed E-state index contributed by atoms with van der Waals surface area (Å²) >= 11 is 3.30. The molecule has 23 heavy (non-hydrogen) atoms. The lowest BCUT2D eigenvalue weighted by Gasteiger charge is -2.20. The van der Waals surface area contributed by atoms with E-state index in [0.717, 1.165) is 4.47 Å². The molecule has 0 fully saturated rings. The fraction of sp³-hybridized carbons (Fsp3) is 0.471. The standard InChI is InChI=1S/C17H22BrNO4/c1-11(8-14(20)12-6-5-7-13(18)9-12)16(22)23-10-15(21)19-17(2,3)4/h5-7,9,11H,8,10H2,1-4H3,(H,19,21). The molecule has 0 aliphatic carbocycles. The van der Waals surface area contributed by atoms with Crippen LogP contribution in [-0.2, 0) is 14.3 Å². The third-order valence-corrected chi connectivity index (χ3v) is 3.39. The molecule has 1 unspecified atom stereocenters. The second kappa shape index (κ2) is 8.24. The van der Waals surface area contributed by atoms with Crippen molar-refractivity contribution >= 4 is 33.6 Å². The molecule has 1 N–H and O–H groups in total. The zero-order valence-electron chi connectivity index (χ0n) is 13.8. The van der Waals surface area contributed by atoms with Gasteiger partial charge in [-0.3, -0.25) is 14.4 Å². The summed E-state index contributed by atoms with van der Waals surface area (Å²) < 4.78 is 5.76. The summed E-state index contributed by atoms with van der Waals surface area (Å²) in [4.78, 5) is 35.6. The van der Waals surface area contributed by atoms with Crippen LogP contribution in [-0.4, -0.2) is 29.8 Å². The summed E-state index contributed by atoms with van der Waals surface area (Å²) in [5, 5.41) is 2.70. The van der Waals surface area contributed by atoms with Gasteiger partial charge >= 0.3 is 5.97 Å². The molecule has 0 aliphatic rings. The summed E-state index contributed by atoms with van der Waals surface area (Å²) in [6.45, 7) is 6.79. The number of amides is 1. The van der Waals surface area contributed by atoms with Gasteiger partial charge in [0.05, 0.1) is 5.92 Å². The van der Waals surface area contributed by atoms with Crippen molar-refractivity contribution in [1.82, 2.24) is 5.32 Å². The maximum atomic E-state index is 12.1. The first-order chi connectivity index (χ1) is 10.6. The summed E-state index contributed by atoms with van der Waals surface area (Å²) in [6, 6.07) is 6.98. The largest absolute Gasteiger partial charge is 0.455 e. The van der Waals surface area contributed by atoms with E-state index in [1.807, 2.05) is 26.8 Å². The predicted molar refractivity (Wildman–Crippen MR) is 91.1 cm³/mol. The van der Waals surface area contributed by atoms with Crippen LogP contribution in [0, 0.1) is 5.92 Å². The first kappa shape index (κ1) is 19.4. The molecule has 0 radical (unpaired) electrons. The molecule has 0 bridgehead atoms. The fourth-order valence-corrected chi connectivity index (χ4v) is 2.27. The number of ketones is 1. The first-order valence-corrected chi connectivity index (χ1v) is 8.14. The molecule has 0 heterocycles. The summed E-state index contributed by atoms with van der Waals surface area (Å²) in [6.07, 6.45) is 0.0379. The van der Waals surface area contributed by atoms with Crippen LogP contribution in [0.25, 0.3) is 0 Å². The van der Waals surface area contributed by atoms with Crippen LogP contribution in [0.3, 0.4) is 0 Å². The number of carbonyl (C=O) groups is 3. The molecule has 126 valence electrons. The number of esters is 1. The van der Waals surface area contributed by atoms with Crippen LogP contribution in [0.4, 0.5) is 0 Å². The van der Waals surface area contributed by atoms with E-state index in [0.29, 0.717) is 5.56 Å². The third-order valence-electron chi connectivity index (χ3n) is 2.90. The van der Waals surface area contributed by atoms with Gasteiger partial charge < -0.3 is 10.1 Å². The number of benzene rings is 1. The zero-order valence-corrected chi connectivity index (χ0v) is 15.4. The normalized spacial score (nSPS) is 12.4. The van der Waals surface area contributed by atoms with Crippen molar-refractivity contribution in [2.45, 2.75) is 39.7 Å². The van der Waals surface area contributed by atoms with Crippen LogP contribution in [0.5, 0.6) is 0 Å². The SMILES string of the molecule is CC(CC(=O)c1cccc(Br)c1)C(=O)OCC(=O)NC(C)(C)C. The van der Waals surface area contributed by atoms with Gasteiger partial charge in [0.15, 0.2) is 12.4 Å². The molecule has 1 atom stereocenters. The minimum atomic E-state index is -0.607. The second-order valence-electron chi connectivity index (χ2n) is 6.44.